The van der Waals surface area contributed by atoms with Gasteiger partial charge in [-0.15, -0.1) is 0 Å². The van der Waals surface area contributed by atoms with Crippen molar-refractivity contribution in [3.63, 3.8) is 0 Å². The van der Waals surface area contributed by atoms with Crippen LogP contribution in [0, 0.1) is 6.92 Å². The molecular formula is C15H13BrCl2O. The summed E-state index contributed by atoms with van der Waals surface area (Å²) in [6.07, 6.45) is -0.221. The van der Waals surface area contributed by atoms with Gasteiger partial charge in [-0.2, -0.15) is 0 Å². The van der Waals surface area contributed by atoms with E-state index in [4.69, 9.17) is 23.2 Å². The summed E-state index contributed by atoms with van der Waals surface area (Å²) in [5.41, 5.74) is 2.70. The summed E-state index contributed by atoms with van der Waals surface area (Å²) in [4.78, 5) is 0. The molecule has 0 saturated heterocycles. The maximum Gasteiger partial charge on any atom is 0.0845 e. The van der Waals surface area contributed by atoms with Gasteiger partial charge in [0.15, 0.2) is 0 Å². The molecule has 0 radical (unpaired) electrons. The third-order valence-corrected chi connectivity index (χ3v) is 4.12. The third-order valence-electron chi connectivity index (χ3n) is 2.94. The molecule has 0 bridgehead atoms. The number of hydrogen-bond donors (Lipinski definition) is 1. The lowest BCUT2D eigenvalue weighted by Crippen LogP contribution is -2.03. The molecule has 0 saturated carbocycles. The zero-order valence-electron chi connectivity index (χ0n) is 10.3. The normalized spacial score (nSPS) is 12.5. The zero-order valence-corrected chi connectivity index (χ0v) is 13.4. The summed E-state index contributed by atoms with van der Waals surface area (Å²) < 4.78 is 0.920. The number of aliphatic hydroxyl groups is 1. The molecule has 1 unspecified atom stereocenters. The minimum atomic E-state index is -0.660. The monoisotopic (exact) mass is 358 g/mol. The second-order valence-electron chi connectivity index (χ2n) is 4.48. The van der Waals surface area contributed by atoms with Crippen LogP contribution < -0.4 is 0 Å². The number of benzene rings is 2. The van der Waals surface area contributed by atoms with Crippen LogP contribution in [0.15, 0.2) is 40.9 Å². The van der Waals surface area contributed by atoms with Crippen molar-refractivity contribution in [3.8, 4) is 0 Å². The van der Waals surface area contributed by atoms with Gasteiger partial charge in [0.1, 0.15) is 0 Å². The fourth-order valence-electron chi connectivity index (χ4n) is 1.91. The highest BCUT2D eigenvalue weighted by Gasteiger charge is 2.14. The number of rotatable bonds is 3. The van der Waals surface area contributed by atoms with E-state index >= 15 is 0 Å². The predicted octanol–water partition coefficient (Wildman–Crippen LogP) is 5.34. The van der Waals surface area contributed by atoms with Crippen molar-refractivity contribution in [3.05, 3.63) is 67.6 Å². The van der Waals surface area contributed by atoms with Gasteiger partial charge in [0.05, 0.1) is 6.10 Å². The van der Waals surface area contributed by atoms with E-state index in [9.17, 15) is 5.11 Å². The first-order valence-electron chi connectivity index (χ1n) is 5.85. The van der Waals surface area contributed by atoms with Gasteiger partial charge in [0.25, 0.3) is 0 Å². The molecule has 1 N–H and O–H groups in total. The minimum absolute atomic E-state index is 0.439. The van der Waals surface area contributed by atoms with Crippen LogP contribution in [-0.2, 0) is 6.42 Å². The Bertz CT molecular complexity index is 599. The van der Waals surface area contributed by atoms with Gasteiger partial charge in [-0.3, -0.25) is 0 Å². The highest BCUT2D eigenvalue weighted by Crippen LogP contribution is 2.29. The zero-order chi connectivity index (χ0) is 14.0. The molecule has 0 amide bonds. The smallest absolute Gasteiger partial charge is 0.0845 e. The van der Waals surface area contributed by atoms with Gasteiger partial charge >= 0.3 is 0 Å². The van der Waals surface area contributed by atoms with Crippen LogP contribution in [0.1, 0.15) is 22.8 Å². The number of hydrogen-bond acceptors (Lipinski definition) is 1. The van der Waals surface area contributed by atoms with Crippen LogP contribution in [0.25, 0.3) is 0 Å². The Hall–Kier alpha value is -0.540. The van der Waals surface area contributed by atoms with Crippen molar-refractivity contribution in [2.45, 2.75) is 19.4 Å². The van der Waals surface area contributed by atoms with Gasteiger partial charge in [-0.1, -0.05) is 57.3 Å². The van der Waals surface area contributed by atoms with Crippen molar-refractivity contribution in [2.24, 2.45) is 0 Å². The van der Waals surface area contributed by atoms with E-state index < -0.39 is 6.10 Å². The summed E-state index contributed by atoms with van der Waals surface area (Å²) in [6.45, 7) is 1.97. The van der Waals surface area contributed by atoms with E-state index in [0.717, 1.165) is 21.2 Å². The molecule has 4 heteroatoms. The predicted molar refractivity (Wildman–Crippen MR) is 84.0 cm³/mol. The Morgan fingerprint density at radius 2 is 1.84 bits per heavy atom. The van der Waals surface area contributed by atoms with Crippen LogP contribution in [0.4, 0.5) is 0 Å². The van der Waals surface area contributed by atoms with Crippen LogP contribution in [0.5, 0.6) is 0 Å². The molecule has 0 fully saturated rings. The van der Waals surface area contributed by atoms with Crippen LogP contribution in [0.3, 0.4) is 0 Å². The van der Waals surface area contributed by atoms with E-state index in [-0.39, 0.29) is 0 Å². The quantitative estimate of drug-likeness (QED) is 0.784. The largest absolute Gasteiger partial charge is 0.388 e. The van der Waals surface area contributed by atoms with E-state index in [1.807, 2.05) is 43.3 Å². The molecule has 1 nitrogen and oxygen atoms in total. The molecule has 2 aromatic carbocycles. The molecular weight excluding hydrogens is 347 g/mol. The molecule has 2 rings (SSSR count). The lowest BCUT2D eigenvalue weighted by molar-refractivity contribution is 0.178. The first kappa shape index (κ1) is 14.9. The van der Waals surface area contributed by atoms with E-state index in [1.54, 1.807) is 0 Å². The summed E-state index contributed by atoms with van der Waals surface area (Å²) >= 11 is 15.7. The lowest BCUT2D eigenvalue weighted by atomic mass is 10.0. The second kappa shape index (κ2) is 6.27. The first-order chi connectivity index (χ1) is 8.97. The topological polar surface area (TPSA) is 20.2 Å². The lowest BCUT2D eigenvalue weighted by Gasteiger charge is -2.14. The Balaban J connectivity index is 2.23. The summed E-state index contributed by atoms with van der Waals surface area (Å²) in [5, 5.41) is 11.5. The Morgan fingerprint density at radius 3 is 2.47 bits per heavy atom. The van der Waals surface area contributed by atoms with Gasteiger partial charge in [-0.05, 0) is 41.8 Å². The van der Waals surface area contributed by atoms with Crippen molar-refractivity contribution in [1.29, 1.82) is 0 Å². The summed E-state index contributed by atoms with van der Waals surface area (Å²) in [5.74, 6) is 0. The molecule has 100 valence electrons. The summed E-state index contributed by atoms with van der Waals surface area (Å²) in [6, 6.07) is 11.3. The molecule has 0 spiro atoms. The summed E-state index contributed by atoms with van der Waals surface area (Å²) in [7, 11) is 0. The molecule has 0 heterocycles. The number of halogens is 3. The first-order valence-corrected chi connectivity index (χ1v) is 7.40. The van der Waals surface area contributed by atoms with Gasteiger partial charge in [-0.25, -0.2) is 0 Å². The SMILES string of the molecule is Cc1ccc(C(O)Cc2ccc(Br)cc2Cl)c(Cl)c1. The molecule has 0 aromatic heterocycles. The van der Waals surface area contributed by atoms with Crippen LogP contribution in [-0.4, -0.2) is 5.11 Å². The maximum atomic E-state index is 10.3. The molecule has 0 aliphatic carbocycles. The minimum Gasteiger partial charge on any atom is -0.388 e. The van der Waals surface area contributed by atoms with Gasteiger partial charge < -0.3 is 5.11 Å². The molecule has 2 aromatic rings. The molecule has 0 aliphatic heterocycles. The van der Waals surface area contributed by atoms with Crippen molar-refractivity contribution in [1.82, 2.24) is 0 Å². The Kier molecular flexibility index (Phi) is 4.91. The molecule has 19 heavy (non-hydrogen) atoms. The fraction of sp³-hybridized carbons (Fsp3) is 0.200. The van der Waals surface area contributed by atoms with Crippen molar-refractivity contribution < 1.29 is 5.11 Å². The highest BCUT2D eigenvalue weighted by atomic mass is 79.9. The van der Waals surface area contributed by atoms with E-state index in [2.05, 4.69) is 15.9 Å². The number of aryl methyl sites for hydroxylation is 1. The van der Waals surface area contributed by atoms with E-state index in [1.165, 1.54) is 0 Å². The number of aliphatic hydroxyl groups excluding tert-OH is 1. The Labute approximate surface area is 131 Å². The van der Waals surface area contributed by atoms with Crippen LogP contribution in [0.2, 0.25) is 10.0 Å². The van der Waals surface area contributed by atoms with Crippen LogP contribution >= 0.6 is 39.1 Å². The second-order valence-corrected chi connectivity index (χ2v) is 6.21. The standard InChI is InChI=1S/C15H13BrCl2O/c1-9-2-5-12(14(18)6-9)15(19)7-10-3-4-11(16)8-13(10)17/h2-6,8,15,19H,7H2,1H3. The molecule has 0 aliphatic rings. The molecule has 1 atom stereocenters. The maximum absolute atomic E-state index is 10.3. The fourth-order valence-corrected chi connectivity index (χ4v) is 3.02. The van der Waals surface area contributed by atoms with E-state index in [0.29, 0.717) is 16.5 Å². The van der Waals surface area contributed by atoms with Gasteiger partial charge in [0.2, 0.25) is 0 Å². The highest BCUT2D eigenvalue weighted by molar-refractivity contribution is 9.10. The third kappa shape index (κ3) is 3.73. The van der Waals surface area contributed by atoms with Gasteiger partial charge in [0, 0.05) is 20.9 Å². The van der Waals surface area contributed by atoms with Crippen molar-refractivity contribution in [2.75, 3.05) is 0 Å². The average Bonchev–Trinajstić information content (AvgIpc) is 2.32. The average molecular weight is 360 g/mol. The Morgan fingerprint density at radius 1 is 1.11 bits per heavy atom. The van der Waals surface area contributed by atoms with Crippen molar-refractivity contribution >= 4 is 39.1 Å².